The third-order valence-corrected chi connectivity index (χ3v) is 2.92. The van der Waals surface area contributed by atoms with E-state index in [4.69, 9.17) is 26.2 Å². The Kier molecular flexibility index (Phi) is 18.8. The molecular formula is C12H21K2N2O8. The Labute approximate surface area is 223 Å². The van der Waals surface area contributed by atoms with E-state index in [1.54, 1.807) is 0 Å². The van der Waals surface area contributed by atoms with Crippen LogP contribution in [0.2, 0.25) is 0 Å². The third-order valence-electron chi connectivity index (χ3n) is 2.92. The van der Waals surface area contributed by atoms with Gasteiger partial charge >= 0.3 is 127 Å². The van der Waals surface area contributed by atoms with Gasteiger partial charge in [0.1, 0.15) is 0 Å². The average molecular weight is 400 g/mol. The Balaban J connectivity index is -0.00000220. The summed E-state index contributed by atoms with van der Waals surface area (Å²) in [6, 6.07) is -0.169. The van der Waals surface area contributed by atoms with Crippen LogP contribution in [-0.4, -0.2) is 160 Å². The number of aliphatic carboxylic acids is 4. The summed E-state index contributed by atoms with van der Waals surface area (Å²) in [5, 5.41) is 38.4. The molecule has 0 atom stereocenters. The zero-order chi connectivity index (χ0) is 17.3. The minimum atomic E-state index is -1.86. The van der Waals surface area contributed by atoms with Gasteiger partial charge in [-0.3, -0.25) is 19.2 Å². The van der Waals surface area contributed by atoms with Gasteiger partial charge in [0, 0.05) is 18.5 Å². The molecule has 0 heterocycles. The number of carboxylic acid groups (broad SMARTS) is 4. The molecule has 0 aliphatic carbocycles. The summed E-state index contributed by atoms with van der Waals surface area (Å²) < 4.78 is 0. The van der Waals surface area contributed by atoms with E-state index in [9.17, 15) is 19.2 Å². The molecule has 0 unspecified atom stereocenters. The average Bonchev–Trinajstić information content (AvgIpc) is 2.30. The fraction of sp³-hybridized carbons (Fsp3) is 0.583. The Hall–Kier alpha value is 1.07. The van der Waals surface area contributed by atoms with Crippen LogP contribution >= 0.6 is 0 Å². The quantitative estimate of drug-likeness (QED) is 0.194. The van der Waals surface area contributed by atoms with Crippen molar-refractivity contribution in [3.63, 3.8) is 0 Å². The van der Waals surface area contributed by atoms with Gasteiger partial charge in [0.15, 0.2) is 0 Å². The fourth-order valence-corrected chi connectivity index (χ4v) is 2.19. The molecule has 0 aliphatic heterocycles. The van der Waals surface area contributed by atoms with Gasteiger partial charge in [0.25, 0.3) is 0 Å². The van der Waals surface area contributed by atoms with Crippen LogP contribution in [0.1, 0.15) is 25.7 Å². The van der Waals surface area contributed by atoms with Crippen molar-refractivity contribution in [1.29, 1.82) is 0 Å². The molecule has 0 saturated heterocycles. The first kappa shape index (κ1) is 29.8. The van der Waals surface area contributed by atoms with E-state index < -0.39 is 55.0 Å². The number of hydrogen-bond donors (Lipinski definition) is 6. The summed E-state index contributed by atoms with van der Waals surface area (Å²) >= 11 is 0. The second-order valence-electron chi connectivity index (χ2n) is 4.76. The fourth-order valence-electron chi connectivity index (χ4n) is 2.19. The Morgan fingerprint density at radius 2 is 1.17 bits per heavy atom. The maximum atomic E-state index is 11.0. The molecule has 12 heteroatoms. The number of rotatable bonds is 12. The summed E-state index contributed by atoms with van der Waals surface area (Å²) in [7, 11) is 0. The topological polar surface area (TPSA) is 187 Å². The van der Waals surface area contributed by atoms with Gasteiger partial charge in [-0.25, -0.2) is 0 Å². The molecule has 0 saturated carbocycles. The van der Waals surface area contributed by atoms with Crippen LogP contribution in [0, 0.1) is 11.5 Å². The second kappa shape index (κ2) is 15.2. The van der Waals surface area contributed by atoms with Crippen molar-refractivity contribution in [1.82, 2.24) is 5.32 Å². The molecule has 0 aromatic carbocycles. The summed E-state index contributed by atoms with van der Waals surface area (Å²) in [6.07, 6.45) is -3.18. The summed E-state index contributed by atoms with van der Waals surface area (Å²) in [5.41, 5.74) is 3.42. The van der Waals surface area contributed by atoms with Crippen molar-refractivity contribution in [2.75, 3.05) is 13.1 Å². The van der Waals surface area contributed by atoms with E-state index in [0.717, 1.165) is 0 Å². The monoisotopic (exact) mass is 399 g/mol. The van der Waals surface area contributed by atoms with Gasteiger partial charge in [0.05, 0.1) is 31.7 Å². The predicted octanol–water partition coefficient (Wildman–Crippen LogP) is -2.35. The molecule has 7 N–H and O–H groups in total. The molecular weight excluding hydrogens is 378 g/mol. The number of nitrogens with two attached hydrogens (primary N) is 1. The van der Waals surface area contributed by atoms with Gasteiger partial charge < -0.3 is 31.5 Å². The first-order valence-electron chi connectivity index (χ1n) is 6.30. The van der Waals surface area contributed by atoms with Crippen molar-refractivity contribution in [2.24, 2.45) is 11.1 Å². The molecule has 0 fully saturated rings. The first-order valence-corrected chi connectivity index (χ1v) is 6.30. The molecule has 10 nitrogen and oxygen atoms in total. The number of hydrogen-bond acceptors (Lipinski definition) is 6. The number of carbonyl (C=O) groups is 4. The first-order chi connectivity index (χ1) is 10.1. The van der Waals surface area contributed by atoms with Crippen molar-refractivity contribution in [3.8, 4) is 0 Å². The standard InChI is InChI=1S/C12H19N2O8.2K.2H/c13-1-2-14-7(3-8(15)16)12(4-9(17)18,5-10(19)20)6-11(21)22;;;;/h14H,1-6,13H2,(H,15,16)(H,17,18)(H,19,20)(H,21,22);;;;. The SMILES string of the molecule is NCCN[C](CC(=O)O)C(CC(=O)O)(CC(=O)O)CC(=O)O.[KH].[KH]. The van der Waals surface area contributed by atoms with E-state index in [1.165, 1.54) is 0 Å². The molecule has 0 aromatic rings. The molecule has 0 rings (SSSR count). The summed E-state index contributed by atoms with van der Waals surface area (Å²) in [4.78, 5) is 44.1. The van der Waals surface area contributed by atoms with E-state index in [0.29, 0.717) is 0 Å². The van der Waals surface area contributed by atoms with Gasteiger partial charge in [0.2, 0.25) is 0 Å². The molecule has 0 bridgehead atoms. The Bertz CT molecular complexity index is 406. The van der Waals surface area contributed by atoms with Gasteiger partial charge in [-0.2, -0.15) is 0 Å². The second-order valence-corrected chi connectivity index (χ2v) is 4.76. The van der Waals surface area contributed by atoms with Crippen molar-refractivity contribution in [3.05, 3.63) is 6.04 Å². The van der Waals surface area contributed by atoms with Gasteiger partial charge in [-0.05, 0) is 0 Å². The van der Waals surface area contributed by atoms with Crippen molar-refractivity contribution >= 4 is 127 Å². The number of nitrogens with one attached hydrogen (secondary N) is 1. The van der Waals surface area contributed by atoms with E-state index in [-0.39, 0.29) is 122 Å². The number of carboxylic acids is 4. The third kappa shape index (κ3) is 12.4. The van der Waals surface area contributed by atoms with Crippen LogP contribution in [0.5, 0.6) is 0 Å². The van der Waals surface area contributed by atoms with E-state index >= 15 is 0 Å². The molecule has 0 amide bonds. The van der Waals surface area contributed by atoms with Crippen LogP contribution in [0.3, 0.4) is 0 Å². The molecule has 0 aromatic heterocycles. The Morgan fingerprint density at radius 3 is 1.42 bits per heavy atom. The van der Waals surface area contributed by atoms with Gasteiger partial charge in [-0.1, -0.05) is 0 Å². The summed E-state index contributed by atoms with van der Waals surface area (Å²) in [6.45, 7) is 0.135. The molecule has 0 aliphatic rings. The maximum absolute atomic E-state index is 11.0. The molecule has 1 radical (unpaired) electrons. The van der Waals surface area contributed by atoms with Crippen molar-refractivity contribution < 1.29 is 39.6 Å². The van der Waals surface area contributed by atoms with Crippen LogP contribution in [0.15, 0.2) is 0 Å². The molecule has 129 valence electrons. The minimum absolute atomic E-state index is 0. The zero-order valence-corrected chi connectivity index (χ0v) is 11.7. The van der Waals surface area contributed by atoms with E-state index in [1.807, 2.05) is 0 Å². The zero-order valence-electron chi connectivity index (χ0n) is 11.7. The van der Waals surface area contributed by atoms with Crippen LogP contribution in [0.4, 0.5) is 0 Å². The Morgan fingerprint density at radius 1 is 0.792 bits per heavy atom. The van der Waals surface area contributed by atoms with Crippen LogP contribution in [-0.2, 0) is 19.2 Å². The molecule has 0 spiro atoms. The normalized spacial score (nSPS) is 10.4. The predicted molar refractivity (Wildman–Crippen MR) is 86.0 cm³/mol. The molecule has 24 heavy (non-hydrogen) atoms. The van der Waals surface area contributed by atoms with Crippen LogP contribution in [0.25, 0.3) is 0 Å². The summed E-state index contributed by atoms with van der Waals surface area (Å²) in [5.74, 6) is -5.63. The van der Waals surface area contributed by atoms with Crippen molar-refractivity contribution in [2.45, 2.75) is 25.7 Å². The van der Waals surface area contributed by atoms with Crippen LogP contribution < -0.4 is 11.1 Å². The van der Waals surface area contributed by atoms with E-state index in [2.05, 4.69) is 5.32 Å². The van der Waals surface area contributed by atoms with Gasteiger partial charge in [-0.15, -0.1) is 0 Å².